The minimum atomic E-state index is -3.57. The molecule has 1 atom stereocenters. The maximum Gasteiger partial charge on any atom is 0.250 e. The van der Waals surface area contributed by atoms with Crippen LogP contribution < -0.4 is 14.9 Å². The number of hydrogen-bond acceptors (Lipinski definition) is 5. The Morgan fingerprint density at radius 1 is 1.22 bits per heavy atom. The minimum absolute atomic E-state index is 0.0499. The van der Waals surface area contributed by atoms with E-state index in [4.69, 9.17) is 0 Å². The van der Waals surface area contributed by atoms with Gasteiger partial charge in [0.2, 0.25) is 21.8 Å². The molecule has 0 radical (unpaired) electrons. The van der Waals surface area contributed by atoms with Gasteiger partial charge in [-0.25, -0.2) is 17.5 Å². The average Bonchev–Trinajstić information content (AvgIpc) is 3.30. The predicted molar refractivity (Wildman–Crippen MR) is 99.4 cm³/mol. The maximum atomic E-state index is 13.0. The van der Waals surface area contributed by atoms with Crippen molar-refractivity contribution in [2.45, 2.75) is 10.6 Å². The molecule has 7 nitrogen and oxygen atoms in total. The summed E-state index contributed by atoms with van der Waals surface area (Å²) in [5.74, 6) is -1.45. The molecular weight excluding hydrogens is 393 g/mol. The first kappa shape index (κ1) is 19.5. The maximum absolute atomic E-state index is 13.0. The van der Waals surface area contributed by atoms with Crippen molar-refractivity contribution in [1.82, 2.24) is 10.0 Å². The third kappa shape index (κ3) is 4.71. The van der Waals surface area contributed by atoms with E-state index in [2.05, 4.69) is 10.0 Å². The monoisotopic (exact) mass is 411 g/mol. The van der Waals surface area contributed by atoms with Crippen LogP contribution in [0.1, 0.15) is 6.42 Å². The molecule has 2 heterocycles. The number of benzene rings is 1. The molecule has 2 N–H and O–H groups in total. The Morgan fingerprint density at radius 3 is 2.63 bits per heavy atom. The summed E-state index contributed by atoms with van der Waals surface area (Å²) >= 11 is 1.11. The van der Waals surface area contributed by atoms with Gasteiger partial charge in [0, 0.05) is 31.7 Å². The van der Waals surface area contributed by atoms with Crippen molar-refractivity contribution in [3.63, 3.8) is 0 Å². The van der Waals surface area contributed by atoms with Crippen molar-refractivity contribution in [3.05, 3.63) is 47.6 Å². The van der Waals surface area contributed by atoms with Crippen LogP contribution in [0.3, 0.4) is 0 Å². The normalized spacial score (nSPS) is 17.3. The van der Waals surface area contributed by atoms with Gasteiger partial charge in [-0.15, -0.1) is 11.3 Å². The highest BCUT2D eigenvalue weighted by Crippen LogP contribution is 2.25. The van der Waals surface area contributed by atoms with Crippen LogP contribution in [0, 0.1) is 11.7 Å². The first-order chi connectivity index (χ1) is 12.9. The summed E-state index contributed by atoms with van der Waals surface area (Å²) in [7, 11) is -3.57. The molecule has 10 heteroatoms. The van der Waals surface area contributed by atoms with Crippen molar-refractivity contribution >= 4 is 38.9 Å². The minimum Gasteiger partial charge on any atom is -0.354 e. The lowest BCUT2D eigenvalue weighted by Crippen LogP contribution is -2.38. The zero-order valence-corrected chi connectivity index (χ0v) is 15.9. The second-order valence-electron chi connectivity index (χ2n) is 6.00. The van der Waals surface area contributed by atoms with Gasteiger partial charge in [-0.3, -0.25) is 9.59 Å². The van der Waals surface area contributed by atoms with Gasteiger partial charge in [-0.2, -0.15) is 0 Å². The second-order valence-corrected chi connectivity index (χ2v) is 8.94. The van der Waals surface area contributed by atoms with Gasteiger partial charge < -0.3 is 10.2 Å². The summed E-state index contributed by atoms with van der Waals surface area (Å²) in [4.78, 5) is 25.8. The molecule has 1 aromatic heterocycles. The fraction of sp³-hybridized carbons (Fsp3) is 0.294. The van der Waals surface area contributed by atoms with E-state index in [0.29, 0.717) is 5.69 Å². The van der Waals surface area contributed by atoms with Crippen molar-refractivity contribution < 1.29 is 22.4 Å². The number of carbonyl (C=O) groups excluding carboxylic acids is 2. The second kappa shape index (κ2) is 8.15. The van der Waals surface area contributed by atoms with Gasteiger partial charge >= 0.3 is 0 Å². The van der Waals surface area contributed by atoms with Gasteiger partial charge in [0.25, 0.3) is 0 Å². The number of nitrogens with one attached hydrogen (secondary N) is 2. The Morgan fingerprint density at radius 2 is 1.96 bits per heavy atom. The lowest BCUT2D eigenvalue weighted by molar-refractivity contribution is -0.126. The Balaban J connectivity index is 1.47. The third-order valence-electron chi connectivity index (χ3n) is 4.11. The summed E-state index contributed by atoms with van der Waals surface area (Å²) in [6.45, 7) is 0.371. The predicted octanol–water partition coefficient (Wildman–Crippen LogP) is 1.33. The smallest absolute Gasteiger partial charge is 0.250 e. The summed E-state index contributed by atoms with van der Waals surface area (Å²) in [5.41, 5.74) is 0.542. The van der Waals surface area contributed by atoms with E-state index in [9.17, 15) is 22.4 Å². The molecule has 144 valence electrons. The molecule has 2 amide bonds. The largest absolute Gasteiger partial charge is 0.354 e. The van der Waals surface area contributed by atoms with Crippen LogP contribution in [-0.4, -0.2) is 39.9 Å². The van der Waals surface area contributed by atoms with Gasteiger partial charge in [-0.1, -0.05) is 6.07 Å². The molecule has 0 spiro atoms. The van der Waals surface area contributed by atoms with Gasteiger partial charge in [-0.05, 0) is 35.7 Å². The number of hydrogen-bond donors (Lipinski definition) is 2. The molecule has 2 aromatic rings. The summed E-state index contributed by atoms with van der Waals surface area (Å²) in [6, 6.07) is 8.65. The first-order valence-electron chi connectivity index (χ1n) is 8.23. The Labute approximate surface area is 160 Å². The molecule has 0 aliphatic carbocycles. The van der Waals surface area contributed by atoms with Crippen LogP contribution >= 0.6 is 11.3 Å². The van der Waals surface area contributed by atoms with E-state index in [-0.39, 0.29) is 42.1 Å². The lowest BCUT2D eigenvalue weighted by Gasteiger charge is -2.16. The highest BCUT2D eigenvalue weighted by atomic mass is 32.2. The van der Waals surface area contributed by atoms with Crippen molar-refractivity contribution in [2.75, 3.05) is 24.5 Å². The van der Waals surface area contributed by atoms with Gasteiger partial charge in [0.15, 0.2) is 0 Å². The Kier molecular flexibility index (Phi) is 5.88. The van der Waals surface area contributed by atoms with Crippen LogP contribution in [0.4, 0.5) is 10.1 Å². The molecule has 3 rings (SSSR count). The van der Waals surface area contributed by atoms with Crippen LogP contribution in [0.25, 0.3) is 0 Å². The molecule has 0 bridgehead atoms. The van der Waals surface area contributed by atoms with Crippen LogP contribution in [0.15, 0.2) is 46.0 Å². The van der Waals surface area contributed by atoms with Crippen LogP contribution in [0.5, 0.6) is 0 Å². The number of rotatable bonds is 7. The van der Waals surface area contributed by atoms with Gasteiger partial charge in [0.1, 0.15) is 10.0 Å². The van der Waals surface area contributed by atoms with Crippen LogP contribution in [-0.2, 0) is 19.6 Å². The number of carbonyl (C=O) groups is 2. The molecule has 1 unspecified atom stereocenters. The van der Waals surface area contributed by atoms with E-state index < -0.39 is 21.8 Å². The van der Waals surface area contributed by atoms with E-state index in [1.807, 2.05) is 0 Å². The zero-order valence-electron chi connectivity index (χ0n) is 14.2. The number of nitrogens with zero attached hydrogens (tertiary/aromatic N) is 1. The standard InChI is InChI=1S/C17H18FN3O4S2/c18-13-3-5-14(6-4-13)21-11-12(10-15(21)22)17(23)19-7-8-20-27(24,25)16-2-1-9-26-16/h1-6,9,12,20H,7-8,10-11H2,(H,19,23). The number of anilines is 1. The van der Waals surface area contributed by atoms with Gasteiger partial charge in [0.05, 0.1) is 5.92 Å². The zero-order chi connectivity index (χ0) is 19.4. The van der Waals surface area contributed by atoms with E-state index in [1.165, 1.54) is 35.2 Å². The number of halogens is 1. The summed E-state index contributed by atoms with van der Waals surface area (Å²) in [6.07, 6.45) is 0.0597. The highest BCUT2D eigenvalue weighted by Gasteiger charge is 2.34. The lowest BCUT2D eigenvalue weighted by atomic mass is 10.1. The molecule has 1 aliphatic rings. The Hall–Kier alpha value is -2.30. The van der Waals surface area contributed by atoms with Crippen molar-refractivity contribution in [2.24, 2.45) is 5.92 Å². The number of thiophene rings is 1. The van der Waals surface area contributed by atoms with E-state index in [0.717, 1.165) is 11.3 Å². The van der Waals surface area contributed by atoms with Crippen molar-refractivity contribution in [1.29, 1.82) is 0 Å². The van der Waals surface area contributed by atoms with E-state index >= 15 is 0 Å². The summed E-state index contributed by atoms with van der Waals surface area (Å²) < 4.78 is 39.6. The van der Waals surface area contributed by atoms with E-state index in [1.54, 1.807) is 11.4 Å². The SMILES string of the molecule is O=C(NCCNS(=O)(=O)c1cccs1)C1CC(=O)N(c2ccc(F)cc2)C1. The third-order valence-corrected chi connectivity index (χ3v) is 6.97. The van der Waals surface area contributed by atoms with Crippen molar-refractivity contribution in [3.8, 4) is 0 Å². The highest BCUT2D eigenvalue weighted by molar-refractivity contribution is 7.91. The number of sulfonamides is 1. The molecule has 1 aromatic carbocycles. The van der Waals surface area contributed by atoms with Crippen LogP contribution in [0.2, 0.25) is 0 Å². The molecule has 27 heavy (non-hydrogen) atoms. The fourth-order valence-electron chi connectivity index (χ4n) is 2.76. The fourth-order valence-corrected chi connectivity index (χ4v) is 4.83. The molecule has 1 saturated heterocycles. The molecule has 1 aliphatic heterocycles. The molecular formula is C17H18FN3O4S2. The summed E-state index contributed by atoms with van der Waals surface area (Å²) in [5, 5.41) is 4.31. The first-order valence-corrected chi connectivity index (χ1v) is 10.6. The molecule has 1 fully saturated rings. The average molecular weight is 411 g/mol. The quantitative estimate of drug-likeness (QED) is 0.672. The topological polar surface area (TPSA) is 95.6 Å². The number of amides is 2. The molecule has 0 saturated carbocycles. The Bertz CT molecular complexity index is 914.